The Morgan fingerprint density at radius 2 is 2.24 bits per heavy atom. The van der Waals surface area contributed by atoms with E-state index in [2.05, 4.69) is 5.32 Å². The van der Waals surface area contributed by atoms with Crippen LogP contribution in [0.3, 0.4) is 0 Å². The summed E-state index contributed by atoms with van der Waals surface area (Å²) in [5.41, 5.74) is 8.72. The van der Waals surface area contributed by atoms with Crippen molar-refractivity contribution in [2.75, 3.05) is 5.73 Å². The minimum absolute atomic E-state index is 0.129. The maximum atomic E-state index is 11.9. The third kappa shape index (κ3) is 2.47. The van der Waals surface area contributed by atoms with Crippen LogP contribution in [0.4, 0.5) is 5.69 Å². The zero-order chi connectivity index (χ0) is 12.3. The van der Waals surface area contributed by atoms with Crippen molar-refractivity contribution >= 4 is 11.6 Å². The van der Waals surface area contributed by atoms with E-state index in [1.54, 1.807) is 30.7 Å². The fourth-order valence-corrected chi connectivity index (χ4v) is 1.57. The number of nitrogens with one attached hydrogen (secondary N) is 1. The Bertz CT molecular complexity index is 518. The topological polar surface area (TPSA) is 68.3 Å². The van der Waals surface area contributed by atoms with Gasteiger partial charge in [0.1, 0.15) is 0 Å². The van der Waals surface area contributed by atoms with Crippen LogP contribution in [0.25, 0.3) is 0 Å². The van der Waals surface area contributed by atoms with Crippen LogP contribution in [0.5, 0.6) is 0 Å². The lowest BCUT2D eigenvalue weighted by Crippen LogP contribution is -2.23. The van der Waals surface area contributed by atoms with Gasteiger partial charge in [-0.1, -0.05) is 6.07 Å². The highest BCUT2D eigenvalue weighted by molar-refractivity contribution is 5.96. The largest absolute Gasteiger partial charge is 0.472 e. The summed E-state index contributed by atoms with van der Waals surface area (Å²) in [7, 11) is 0. The Balaban J connectivity index is 2.07. The molecule has 4 heteroatoms. The van der Waals surface area contributed by atoms with Crippen LogP contribution in [0.2, 0.25) is 0 Å². The highest BCUT2D eigenvalue weighted by Crippen LogP contribution is 2.15. The lowest BCUT2D eigenvalue weighted by molar-refractivity contribution is 0.0950. The lowest BCUT2D eigenvalue weighted by Gasteiger charge is -2.08. The first kappa shape index (κ1) is 11.3. The molecule has 0 bridgehead atoms. The quantitative estimate of drug-likeness (QED) is 0.793. The Hall–Kier alpha value is -2.23. The monoisotopic (exact) mass is 230 g/mol. The molecule has 0 unspecified atom stereocenters. The first-order valence-electron chi connectivity index (χ1n) is 5.33. The molecule has 0 radical (unpaired) electrons. The van der Waals surface area contributed by atoms with Gasteiger partial charge in [0.05, 0.1) is 12.5 Å². The van der Waals surface area contributed by atoms with E-state index in [-0.39, 0.29) is 5.91 Å². The van der Waals surface area contributed by atoms with E-state index < -0.39 is 0 Å². The zero-order valence-corrected chi connectivity index (χ0v) is 9.57. The lowest BCUT2D eigenvalue weighted by atomic mass is 10.1. The highest BCUT2D eigenvalue weighted by Gasteiger charge is 2.10. The molecular formula is C13H14N2O2. The van der Waals surface area contributed by atoms with E-state index in [1.165, 1.54) is 0 Å². The third-order valence-corrected chi connectivity index (χ3v) is 2.65. The summed E-state index contributed by atoms with van der Waals surface area (Å²) in [6, 6.07) is 7.13. The number of furan rings is 1. The second-order valence-corrected chi connectivity index (χ2v) is 3.83. The SMILES string of the molecule is Cc1c(N)cccc1C(=O)NCc1ccoc1. The summed E-state index contributed by atoms with van der Waals surface area (Å²) in [5.74, 6) is -0.129. The molecule has 0 saturated carbocycles. The van der Waals surface area contributed by atoms with Crippen LogP contribution in [0.15, 0.2) is 41.2 Å². The van der Waals surface area contributed by atoms with Gasteiger partial charge >= 0.3 is 0 Å². The van der Waals surface area contributed by atoms with Crippen molar-refractivity contribution in [1.29, 1.82) is 0 Å². The summed E-state index contributed by atoms with van der Waals surface area (Å²) >= 11 is 0. The van der Waals surface area contributed by atoms with Gasteiger partial charge in [-0.3, -0.25) is 4.79 Å². The van der Waals surface area contributed by atoms with Crippen LogP contribution < -0.4 is 11.1 Å². The van der Waals surface area contributed by atoms with E-state index in [9.17, 15) is 4.79 Å². The van der Waals surface area contributed by atoms with Crippen LogP contribution in [-0.4, -0.2) is 5.91 Å². The molecule has 2 rings (SSSR count). The number of anilines is 1. The van der Waals surface area contributed by atoms with Gasteiger partial charge in [-0.2, -0.15) is 0 Å². The summed E-state index contributed by atoms with van der Waals surface area (Å²) in [4.78, 5) is 11.9. The molecule has 0 spiro atoms. The highest BCUT2D eigenvalue weighted by atomic mass is 16.3. The summed E-state index contributed by atoms with van der Waals surface area (Å²) in [6.07, 6.45) is 3.18. The average molecular weight is 230 g/mol. The molecule has 0 aliphatic carbocycles. The van der Waals surface area contributed by atoms with Gasteiger partial charge in [0.15, 0.2) is 0 Å². The van der Waals surface area contributed by atoms with Crippen molar-refractivity contribution < 1.29 is 9.21 Å². The number of hydrogen-bond acceptors (Lipinski definition) is 3. The van der Waals surface area contributed by atoms with Crippen molar-refractivity contribution in [3.8, 4) is 0 Å². The fraction of sp³-hybridized carbons (Fsp3) is 0.154. The van der Waals surface area contributed by atoms with Crippen LogP contribution >= 0.6 is 0 Å². The van der Waals surface area contributed by atoms with Crippen molar-refractivity contribution in [2.45, 2.75) is 13.5 Å². The number of nitrogens with two attached hydrogens (primary N) is 1. The van der Waals surface area contributed by atoms with Crippen LogP contribution in [0.1, 0.15) is 21.5 Å². The first-order valence-corrected chi connectivity index (χ1v) is 5.33. The van der Waals surface area contributed by atoms with E-state index >= 15 is 0 Å². The average Bonchev–Trinajstić information content (AvgIpc) is 2.82. The molecule has 3 N–H and O–H groups in total. The number of nitrogen functional groups attached to an aromatic ring is 1. The molecule has 17 heavy (non-hydrogen) atoms. The molecule has 1 amide bonds. The van der Waals surface area contributed by atoms with Crippen molar-refractivity contribution in [3.05, 3.63) is 53.5 Å². The smallest absolute Gasteiger partial charge is 0.251 e. The summed E-state index contributed by atoms with van der Waals surface area (Å²) in [5, 5.41) is 2.81. The molecule has 88 valence electrons. The van der Waals surface area contributed by atoms with E-state index in [0.29, 0.717) is 17.8 Å². The molecule has 0 saturated heterocycles. The molecule has 0 atom stereocenters. The maximum Gasteiger partial charge on any atom is 0.251 e. The Morgan fingerprint density at radius 1 is 1.41 bits per heavy atom. The molecule has 1 aromatic carbocycles. The van der Waals surface area contributed by atoms with Gasteiger partial charge in [0.2, 0.25) is 0 Å². The molecule has 4 nitrogen and oxygen atoms in total. The number of amides is 1. The maximum absolute atomic E-state index is 11.9. The predicted molar refractivity (Wildman–Crippen MR) is 65.5 cm³/mol. The fourth-order valence-electron chi connectivity index (χ4n) is 1.57. The van der Waals surface area contributed by atoms with Gasteiger partial charge in [0, 0.05) is 23.4 Å². The summed E-state index contributed by atoms with van der Waals surface area (Å²) < 4.78 is 4.92. The Morgan fingerprint density at radius 3 is 2.94 bits per heavy atom. The van der Waals surface area contributed by atoms with Crippen LogP contribution in [-0.2, 0) is 6.54 Å². The van der Waals surface area contributed by atoms with Crippen LogP contribution in [0, 0.1) is 6.92 Å². The number of carbonyl (C=O) groups is 1. The molecule has 1 heterocycles. The van der Waals surface area contributed by atoms with E-state index in [1.807, 2.05) is 13.0 Å². The minimum atomic E-state index is -0.129. The second kappa shape index (κ2) is 4.74. The van der Waals surface area contributed by atoms with Gasteiger partial charge in [-0.05, 0) is 30.7 Å². The first-order chi connectivity index (χ1) is 8.18. The van der Waals surface area contributed by atoms with Gasteiger partial charge in [-0.15, -0.1) is 0 Å². The zero-order valence-electron chi connectivity index (χ0n) is 9.57. The summed E-state index contributed by atoms with van der Waals surface area (Å²) in [6.45, 7) is 2.28. The van der Waals surface area contributed by atoms with Crippen molar-refractivity contribution in [2.24, 2.45) is 0 Å². The third-order valence-electron chi connectivity index (χ3n) is 2.65. The molecule has 2 aromatic rings. The van der Waals surface area contributed by atoms with E-state index in [4.69, 9.17) is 10.2 Å². The number of rotatable bonds is 3. The number of benzene rings is 1. The predicted octanol–water partition coefficient (Wildman–Crippen LogP) is 2.10. The van der Waals surface area contributed by atoms with Crippen molar-refractivity contribution in [1.82, 2.24) is 5.32 Å². The Labute approximate surface area is 99.4 Å². The van der Waals surface area contributed by atoms with Gasteiger partial charge in [0.25, 0.3) is 5.91 Å². The Kier molecular flexibility index (Phi) is 3.14. The van der Waals surface area contributed by atoms with Gasteiger partial charge in [-0.25, -0.2) is 0 Å². The number of hydrogen-bond donors (Lipinski definition) is 2. The normalized spacial score (nSPS) is 10.2. The molecule has 0 aliphatic rings. The van der Waals surface area contributed by atoms with Crippen molar-refractivity contribution in [3.63, 3.8) is 0 Å². The molecule has 0 fully saturated rings. The minimum Gasteiger partial charge on any atom is -0.472 e. The molecule has 1 aromatic heterocycles. The van der Waals surface area contributed by atoms with E-state index in [0.717, 1.165) is 11.1 Å². The van der Waals surface area contributed by atoms with Gasteiger partial charge < -0.3 is 15.5 Å². The molecule has 0 aliphatic heterocycles. The second-order valence-electron chi connectivity index (χ2n) is 3.83. The number of carbonyl (C=O) groups excluding carboxylic acids is 1. The molecular weight excluding hydrogens is 216 g/mol. The standard InChI is InChI=1S/C13H14N2O2/c1-9-11(3-2-4-12(9)14)13(16)15-7-10-5-6-17-8-10/h2-6,8H,7,14H2,1H3,(H,15,16).